The Morgan fingerprint density at radius 1 is 1.24 bits per heavy atom. The van der Waals surface area contributed by atoms with Gasteiger partial charge in [-0.05, 0) is 30.4 Å². The van der Waals surface area contributed by atoms with Crippen molar-refractivity contribution in [2.24, 2.45) is 5.41 Å². The minimum atomic E-state index is -0.909. The number of para-hydroxylation sites is 1. The first-order chi connectivity index (χ1) is 9.96. The number of carboxylic acids is 1. The van der Waals surface area contributed by atoms with Gasteiger partial charge in [-0.25, -0.2) is 9.78 Å². The molecule has 21 heavy (non-hydrogen) atoms. The predicted molar refractivity (Wildman–Crippen MR) is 83.9 cm³/mol. The van der Waals surface area contributed by atoms with E-state index >= 15 is 0 Å². The fourth-order valence-electron chi connectivity index (χ4n) is 2.83. The molecular weight excluding hydrogens is 264 g/mol. The number of carbonyl (C=O) groups is 1. The first-order valence-corrected chi connectivity index (χ1v) is 7.34. The van der Waals surface area contributed by atoms with Crippen molar-refractivity contribution in [2.75, 3.05) is 18.0 Å². The number of piperidine rings is 1. The van der Waals surface area contributed by atoms with Gasteiger partial charge in [0.2, 0.25) is 0 Å². The zero-order chi connectivity index (χ0) is 15.0. The van der Waals surface area contributed by atoms with Crippen LogP contribution in [-0.2, 0) is 0 Å². The Hall–Kier alpha value is -2.10. The van der Waals surface area contributed by atoms with Crippen molar-refractivity contribution in [3.8, 4) is 0 Å². The van der Waals surface area contributed by atoms with Gasteiger partial charge in [0.15, 0.2) is 0 Å². The van der Waals surface area contributed by atoms with Crippen molar-refractivity contribution in [1.29, 1.82) is 0 Å². The summed E-state index contributed by atoms with van der Waals surface area (Å²) in [6.45, 7) is 6.24. The first-order valence-electron chi connectivity index (χ1n) is 7.34. The van der Waals surface area contributed by atoms with Crippen molar-refractivity contribution in [3.63, 3.8) is 0 Å². The molecule has 0 aliphatic carbocycles. The maximum atomic E-state index is 11.6. The summed E-state index contributed by atoms with van der Waals surface area (Å²) in [5.41, 5.74) is 1.48. The van der Waals surface area contributed by atoms with E-state index in [4.69, 9.17) is 0 Å². The second kappa shape index (κ2) is 5.02. The van der Waals surface area contributed by atoms with E-state index in [1.807, 2.05) is 24.3 Å². The number of aromatic nitrogens is 1. The molecule has 0 amide bonds. The Morgan fingerprint density at radius 2 is 1.90 bits per heavy atom. The molecule has 4 heteroatoms. The van der Waals surface area contributed by atoms with E-state index in [2.05, 4.69) is 23.7 Å². The van der Waals surface area contributed by atoms with E-state index in [-0.39, 0.29) is 0 Å². The molecule has 0 atom stereocenters. The maximum Gasteiger partial charge on any atom is 0.339 e. The van der Waals surface area contributed by atoms with Crippen molar-refractivity contribution in [1.82, 2.24) is 4.98 Å². The van der Waals surface area contributed by atoms with Crippen LogP contribution in [0.5, 0.6) is 0 Å². The molecule has 0 bridgehead atoms. The van der Waals surface area contributed by atoms with Crippen LogP contribution < -0.4 is 4.90 Å². The molecule has 1 saturated heterocycles. The van der Waals surface area contributed by atoms with E-state index in [0.29, 0.717) is 16.8 Å². The fourth-order valence-corrected chi connectivity index (χ4v) is 2.83. The van der Waals surface area contributed by atoms with Gasteiger partial charge in [-0.3, -0.25) is 0 Å². The number of nitrogens with zero attached hydrogens (tertiary/aromatic N) is 2. The largest absolute Gasteiger partial charge is 0.478 e. The Balaban J connectivity index is 2.04. The summed E-state index contributed by atoms with van der Waals surface area (Å²) in [7, 11) is 0. The average Bonchev–Trinajstić information content (AvgIpc) is 2.46. The van der Waals surface area contributed by atoms with Crippen molar-refractivity contribution in [2.45, 2.75) is 26.7 Å². The first kappa shape index (κ1) is 13.9. The number of hydrogen-bond acceptors (Lipinski definition) is 3. The molecule has 0 saturated carbocycles. The van der Waals surface area contributed by atoms with Crippen LogP contribution in [0.25, 0.3) is 10.9 Å². The molecule has 0 spiro atoms. The summed E-state index contributed by atoms with van der Waals surface area (Å²) < 4.78 is 0. The maximum absolute atomic E-state index is 11.6. The molecule has 2 aromatic rings. The molecule has 1 aliphatic rings. The van der Waals surface area contributed by atoms with Crippen LogP contribution in [0.3, 0.4) is 0 Å². The quantitative estimate of drug-likeness (QED) is 0.916. The van der Waals surface area contributed by atoms with Crippen LogP contribution in [0.1, 0.15) is 37.0 Å². The summed E-state index contributed by atoms with van der Waals surface area (Å²) >= 11 is 0. The molecule has 0 radical (unpaired) electrons. The van der Waals surface area contributed by atoms with Gasteiger partial charge >= 0.3 is 5.97 Å². The zero-order valence-electron chi connectivity index (χ0n) is 12.5. The Morgan fingerprint density at radius 3 is 2.57 bits per heavy atom. The normalized spacial score (nSPS) is 17.9. The van der Waals surface area contributed by atoms with E-state index in [9.17, 15) is 9.90 Å². The summed E-state index contributed by atoms with van der Waals surface area (Å²) in [4.78, 5) is 18.3. The summed E-state index contributed by atoms with van der Waals surface area (Å²) in [6, 6.07) is 9.40. The standard InChI is InChI=1S/C17H20N2O2/c1-17(2)7-9-19(10-8-17)15-13(16(20)21)11-12-5-3-4-6-14(12)18-15/h3-6,11H,7-10H2,1-2H3,(H,20,21). The number of fused-ring (bicyclic) bond motifs is 1. The molecule has 1 aromatic carbocycles. The Bertz CT molecular complexity index is 684. The summed E-state index contributed by atoms with van der Waals surface area (Å²) in [6.07, 6.45) is 2.11. The van der Waals surface area contributed by atoms with E-state index in [0.717, 1.165) is 36.8 Å². The van der Waals surface area contributed by atoms with Crippen molar-refractivity contribution in [3.05, 3.63) is 35.9 Å². The highest BCUT2D eigenvalue weighted by Crippen LogP contribution is 2.33. The van der Waals surface area contributed by atoms with Crippen LogP contribution in [0, 0.1) is 5.41 Å². The summed E-state index contributed by atoms with van der Waals surface area (Å²) in [5.74, 6) is -0.301. The van der Waals surface area contributed by atoms with Gasteiger partial charge in [0.05, 0.1) is 5.52 Å². The lowest BCUT2D eigenvalue weighted by Gasteiger charge is -2.38. The highest BCUT2D eigenvalue weighted by atomic mass is 16.4. The van der Waals surface area contributed by atoms with E-state index < -0.39 is 5.97 Å². The lowest BCUT2D eigenvalue weighted by molar-refractivity contribution is 0.0697. The molecule has 1 aromatic heterocycles. The number of aromatic carboxylic acids is 1. The monoisotopic (exact) mass is 284 g/mol. The van der Waals surface area contributed by atoms with Gasteiger partial charge in [-0.2, -0.15) is 0 Å². The molecule has 1 aliphatic heterocycles. The van der Waals surface area contributed by atoms with Gasteiger partial charge in [-0.15, -0.1) is 0 Å². The Labute approximate surface area is 124 Å². The van der Waals surface area contributed by atoms with Crippen molar-refractivity contribution < 1.29 is 9.90 Å². The average molecular weight is 284 g/mol. The predicted octanol–water partition coefficient (Wildman–Crippen LogP) is 3.56. The number of hydrogen-bond donors (Lipinski definition) is 1. The second-order valence-electron chi connectivity index (χ2n) is 6.51. The number of benzene rings is 1. The van der Waals surface area contributed by atoms with E-state index in [1.165, 1.54) is 0 Å². The van der Waals surface area contributed by atoms with Crippen LogP contribution in [0.4, 0.5) is 5.82 Å². The van der Waals surface area contributed by atoms with Gasteiger partial charge in [-0.1, -0.05) is 32.0 Å². The number of carboxylic acid groups (broad SMARTS) is 1. The molecule has 4 nitrogen and oxygen atoms in total. The topological polar surface area (TPSA) is 53.4 Å². The third kappa shape index (κ3) is 2.71. The van der Waals surface area contributed by atoms with Gasteiger partial charge in [0, 0.05) is 18.5 Å². The molecule has 0 unspecified atom stereocenters. The zero-order valence-corrected chi connectivity index (χ0v) is 12.5. The molecule has 1 N–H and O–H groups in total. The molecule has 110 valence electrons. The molecule has 2 heterocycles. The highest BCUT2D eigenvalue weighted by molar-refractivity contribution is 5.98. The van der Waals surface area contributed by atoms with Gasteiger partial charge in [0.25, 0.3) is 0 Å². The number of rotatable bonds is 2. The smallest absolute Gasteiger partial charge is 0.339 e. The second-order valence-corrected chi connectivity index (χ2v) is 6.51. The van der Waals surface area contributed by atoms with Crippen LogP contribution >= 0.6 is 0 Å². The van der Waals surface area contributed by atoms with Crippen LogP contribution in [-0.4, -0.2) is 29.1 Å². The fraction of sp³-hybridized carbons (Fsp3) is 0.412. The molecular formula is C17H20N2O2. The van der Waals surface area contributed by atoms with Gasteiger partial charge in [0.1, 0.15) is 11.4 Å². The highest BCUT2D eigenvalue weighted by Gasteiger charge is 2.28. The Kier molecular flexibility index (Phi) is 3.32. The SMILES string of the molecule is CC1(C)CCN(c2nc3ccccc3cc2C(=O)O)CC1. The molecule has 3 rings (SSSR count). The number of anilines is 1. The van der Waals surface area contributed by atoms with Crippen LogP contribution in [0.15, 0.2) is 30.3 Å². The third-order valence-electron chi connectivity index (χ3n) is 4.35. The lowest BCUT2D eigenvalue weighted by atomic mass is 9.82. The van der Waals surface area contributed by atoms with Gasteiger partial charge < -0.3 is 10.0 Å². The minimum absolute atomic E-state index is 0.299. The third-order valence-corrected chi connectivity index (χ3v) is 4.35. The number of pyridine rings is 1. The molecule has 1 fully saturated rings. The van der Waals surface area contributed by atoms with Crippen molar-refractivity contribution >= 4 is 22.7 Å². The van der Waals surface area contributed by atoms with Crippen LogP contribution in [0.2, 0.25) is 0 Å². The minimum Gasteiger partial charge on any atom is -0.478 e. The van der Waals surface area contributed by atoms with E-state index in [1.54, 1.807) is 6.07 Å². The summed E-state index contributed by atoms with van der Waals surface area (Å²) in [5, 5.41) is 10.4. The lowest BCUT2D eigenvalue weighted by Crippen LogP contribution is -2.38.